The number of hydrogen-bond donors (Lipinski definition) is 1. The van der Waals surface area contributed by atoms with E-state index in [0.29, 0.717) is 12.3 Å². The van der Waals surface area contributed by atoms with Gasteiger partial charge in [0.2, 0.25) is 0 Å². The second kappa shape index (κ2) is 11.5. The monoisotopic (exact) mass is 760 g/mol. The minimum Gasteiger partial charge on any atom is -0.487 e. The fourth-order valence-corrected chi connectivity index (χ4v) is 5.36. The van der Waals surface area contributed by atoms with Gasteiger partial charge in [-0.15, -0.1) is 0 Å². The number of nitrogens with one attached hydrogen (secondary N) is 1. The van der Waals surface area contributed by atoms with Crippen LogP contribution in [0.25, 0.3) is 6.08 Å². The molecule has 7 heteroatoms. The lowest BCUT2D eigenvalue weighted by molar-refractivity contribution is -0.112. The Kier molecular flexibility index (Phi) is 8.95. The van der Waals surface area contributed by atoms with Gasteiger partial charge in [-0.05, 0) is 146 Å². The third-order valence-electron chi connectivity index (χ3n) is 4.76. The van der Waals surface area contributed by atoms with Gasteiger partial charge in [-0.3, -0.25) is 4.79 Å². The number of ether oxygens (including phenoxy) is 1. The number of rotatable bonds is 6. The number of hydrogen-bond acceptors (Lipinski definition) is 3. The van der Waals surface area contributed by atoms with Crippen molar-refractivity contribution in [2.45, 2.75) is 20.5 Å². The summed E-state index contributed by atoms with van der Waals surface area (Å²) < 4.78 is 9.06. The number of carbonyl (C=O) groups excluding carboxylic acids is 1. The topological polar surface area (TPSA) is 62.1 Å². The van der Waals surface area contributed by atoms with E-state index in [0.717, 1.165) is 35.1 Å². The molecule has 0 fully saturated rings. The summed E-state index contributed by atoms with van der Waals surface area (Å²) in [5.74, 6) is 0.361. The molecule has 0 saturated carbocycles. The molecule has 0 saturated heterocycles. The molecule has 0 aliphatic rings. The molecule has 0 radical (unpaired) electrons. The zero-order valence-corrected chi connectivity index (χ0v) is 23.9. The fourth-order valence-electron chi connectivity index (χ4n) is 2.87. The van der Waals surface area contributed by atoms with Crippen molar-refractivity contribution in [3.05, 3.63) is 93.1 Å². The molecule has 0 aromatic heterocycles. The third kappa shape index (κ3) is 6.68. The number of amides is 1. The van der Waals surface area contributed by atoms with Gasteiger partial charge in [0.05, 0.1) is 7.14 Å². The van der Waals surface area contributed by atoms with E-state index in [2.05, 4.69) is 85.2 Å². The summed E-state index contributed by atoms with van der Waals surface area (Å²) in [5, 5.41) is 12.4. The predicted octanol–water partition coefficient (Wildman–Crippen LogP) is 7.24. The first kappa shape index (κ1) is 25.0. The fraction of sp³-hybridized carbons (Fsp3) is 0.120. The first-order valence-electron chi connectivity index (χ1n) is 9.63. The zero-order chi connectivity index (χ0) is 23.3. The number of aryl methyl sites for hydroxylation is 2. The Hall–Kier alpha value is -1.65. The Labute approximate surface area is 228 Å². The van der Waals surface area contributed by atoms with Gasteiger partial charge in [-0.1, -0.05) is 18.2 Å². The normalized spacial score (nSPS) is 11.1. The average molecular weight is 760 g/mol. The van der Waals surface area contributed by atoms with E-state index < -0.39 is 5.91 Å². The van der Waals surface area contributed by atoms with Crippen molar-refractivity contribution < 1.29 is 9.53 Å². The highest BCUT2D eigenvalue weighted by Crippen LogP contribution is 2.30. The number of anilines is 1. The van der Waals surface area contributed by atoms with E-state index in [1.54, 1.807) is 6.08 Å². The quantitative estimate of drug-likeness (QED) is 0.164. The van der Waals surface area contributed by atoms with Crippen LogP contribution in [-0.2, 0) is 11.4 Å². The number of benzene rings is 3. The Morgan fingerprint density at radius 3 is 2.25 bits per heavy atom. The van der Waals surface area contributed by atoms with Gasteiger partial charge < -0.3 is 10.1 Å². The molecule has 0 aliphatic heterocycles. The van der Waals surface area contributed by atoms with Gasteiger partial charge in [-0.25, -0.2) is 0 Å². The van der Waals surface area contributed by atoms with E-state index in [1.807, 2.05) is 62.4 Å². The highest BCUT2D eigenvalue weighted by atomic mass is 127. The van der Waals surface area contributed by atoms with Crippen LogP contribution in [0.4, 0.5) is 5.69 Å². The Balaban J connectivity index is 1.77. The van der Waals surface area contributed by atoms with E-state index in [-0.39, 0.29) is 5.57 Å². The first-order chi connectivity index (χ1) is 15.3. The van der Waals surface area contributed by atoms with Gasteiger partial charge in [-0.2, -0.15) is 5.26 Å². The Morgan fingerprint density at radius 1 is 1.00 bits per heavy atom. The van der Waals surface area contributed by atoms with Crippen LogP contribution in [0.2, 0.25) is 0 Å². The van der Waals surface area contributed by atoms with Crippen LogP contribution in [0.5, 0.6) is 5.75 Å². The van der Waals surface area contributed by atoms with Crippen LogP contribution in [-0.4, -0.2) is 5.91 Å². The summed E-state index contributed by atoms with van der Waals surface area (Å²) in [6.07, 6.45) is 1.60. The molecule has 0 aliphatic carbocycles. The molecule has 0 bridgehead atoms. The van der Waals surface area contributed by atoms with Crippen molar-refractivity contribution in [1.29, 1.82) is 5.26 Å². The summed E-state index contributed by atoms with van der Waals surface area (Å²) >= 11 is 6.71. The van der Waals surface area contributed by atoms with E-state index in [1.165, 1.54) is 3.57 Å². The Morgan fingerprint density at radius 2 is 1.66 bits per heavy atom. The van der Waals surface area contributed by atoms with Crippen LogP contribution < -0.4 is 10.1 Å². The van der Waals surface area contributed by atoms with Crippen molar-refractivity contribution in [3.63, 3.8) is 0 Å². The van der Waals surface area contributed by atoms with Crippen LogP contribution in [0.1, 0.15) is 22.3 Å². The Bertz CT molecular complexity index is 1210. The molecule has 0 spiro atoms. The maximum atomic E-state index is 12.6. The SMILES string of the molecule is Cc1ccc(NC(=O)/C(C#N)=C/c2cc(I)c(OCc3ccc(I)cc3)c(I)c2)cc1C. The number of nitrogens with zero attached hydrogens (tertiary/aromatic N) is 1. The van der Waals surface area contributed by atoms with Crippen LogP contribution >= 0.6 is 67.8 Å². The maximum absolute atomic E-state index is 12.6. The summed E-state index contributed by atoms with van der Waals surface area (Å²) in [7, 11) is 0. The summed E-state index contributed by atoms with van der Waals surface area (Å²) in [6, 6.07) is 19.7. The number of carbonyl (C=O) groups is 1. The van der Waals surface area contributed by atoms with Crippen molar-refractivity contribution >= 4 is 85.4 Å². The second-order valence-corrected chi connectivity index (χ2v) is 10.7. The molecular weight excluding hydrogens is 741 g/mol. The van der Waals surface area contributed by atoms with Gasteiger partial charge in [0.25, 0.3) is 5.91 Å². The average Bonchev–Trinajstić information content (AvgIpc) is 2.75. The van der Waals surface area contributed by atoms with Gasteiger partial charge in [0.1, 0.15) is 24.0 Å². The largest absolute Gasteiger partial charge is 0.487 e. The van der Waals surface area contributed by atoms with Crippen LogP contribution in [0, 0.1) is 35.9 Å². The minimum atomic E-state index is -0.431. The number of nitriles is 1. The molecular formula is C25H19I3N2O2. The smallest absolute Gasteiger partial charge is 0.266 e. The molecule has 32 heavy (non-hydrogen) atoms. The molecule has 4 nitrogen and oxygen atoms in total. The van der Waals surface area contributed by atoms with Crippen LogP contribution in [0.15, 0.2) is 60.2 Å². The van der Waals surface area contributed by atoms with Crippen molar-refractivity contribution in [2.24, 2.45) is 0 Å². The molecule has 3 aromatic carbocycles. The van der Waals surface area contributed by atoms with Gasteiger partial charge >= 0.3 is 0 Å². The zero-order valence-electron chi connectivity index (χ0n) is 17.4. The maximum Gasteiger partial charge on any atom is 0.266 e. The van der Waals surface area contributed by atoms with Crippen molar-refractivity contribution in [3.8, 4) is 11.8 Å². The molecule has 162 valence electrons. The lowest BCUT2D eigenvalue weighted by atomic mass is 10.1. The lowest BCUT2D eigenvalue weighted by Crippen LogP contribution is -2.13. The van der Waals surface area contributed by atoms with Crippen molar-refractivity contribution in [1.82, 2.24) is 0 Å². The van der Waals surface area contributed by atoms with Gasteiger partial charge in [0.15, 0.2) is 0 Å². The summed E-state index contributed by atoms with van der Waals surface area (Å²) in [5.41, 5.74) is 4.80. The van der Waals surface area contributed by atoms with Crippen LogP contribution in [0.3, 0.4) is 0 Å². The highest BCUT2D eigenvalue weighted by molar-refractivity contribution is 14.1. The number of halogens is 3. The van der Waals surface area contributed by atoms with Crippen molar-refractivity contribution in [2.75, 3.05) is 5.32 Å². The predicted molar refractivity (Wildman–Crippen MR) is 154 cm³/mol. The van der Waals surface area contributed by atoms with E-state index in [4.69, 9.17) is 4.74 Å². The standard InChI is InChI=1S/C25H19I3N2O2/c1-15-3-8-21(9-16(15)2)30-25(31)19(13-29)10-18-11-22(27)24(23(28)12-18)32-14-17-4-6-20(26)7-5-17/h3-12H,14H2,1-2H3,(H,30,31)/b19-10+. The molecule has 0 heterocycles. The minimum absolute atomic E-state index is 0.0439. The summed E-state index contributed by atoms with van der Waals surface area (Å²) in [4.78, 5) is 12.6. The third-order valence-corrected chi connectivity index (χ3v) is 7.08. The lowest BCUT2D eigenvalue weighted by Gasteiger charge is -2.12. The summed E-state index contributed by atoms with van der Waals surface area (Å²) in [6.45, 7) is 4.47. The molecule has 1 amide bonds. The van der Waals surface area contributed by atoms with E-state index >= 15 is 0 Å². The van der Waals surface area contributed by atoms with E-state index in [9.17, 15) is 10.1 Å². The van der Waals surface area contributed by atoms with Gasteiger partial charge in [0, 0.05) is 9.26 Å². The first-order valence-corrected chi connectivity index (χ1v) is 12.9. The molecule has 0 atom stereocenters. The molecule has 1 N–H and O–H groups in total. The molecule has 3 rings (SSSR count). The molecule has 3 aromatic rings. The highest BCUT2D eigenvalue weighted by Gasteiger charge is 2.13. The molecule has 0 unspecified atom stereocenters. The second-order valence-electron chi connectivity index (χ2n) is 7.15.